The normalized spacial score (nSPS) is 29.3. The van der Waals surface area contributed by atoms with Crippen LogP contribution in [-0.4, -0.2) is 45.9 Å². The van der Waals surface area contributed by atoms with E-state index in [4.69, 9.17) is 0 Å². The van der Waals surface area contributed by atoms with Gasteiger partial charge in [-0.05, 0) is 43.2 Å². The fourth-order valence-electron chi connectivity index (χ4n) is 5.23. The van der Waals surface area contributed by atoms with Crippen molar-refractivity contribution in [3.8, 4) is 0 Å². The molecule has 0 unspecified atom stereocenters. The van der Waals surface area contributed by atoms with E-state index in [2.05, 4.69) is 20.9 Å². The number of pyridine rings is 1. The molecule has 0 bridgehead atoms. The number of piperidine rings is 2. The van der Waals surface area contributed by atoms with Crippen molar-refractivity contribution in [2.75, 3.05) is 13.1 Å². The molecule has 3 aliphatic rings. The molecule has 4 nitrogen and oxygen atoms in total. The minimum Gasteiger partial charge on any atom is -0.335 e. The van der Waals surface area contributed by atoms with Crippen LogP contribution in [0.15, 0.2) is 24.5 Å². The third-order valence-electron chi connectivity index (χ3n) is 6.59. The Labute approximate surface area is 151 Å². The summed E-state index contributed by atoms with van der Waals surface area (Å²) in [6, 6.07) is 5.29. The molecule has 1 amide bonds. The van der Waals surface area contributed by atoms with Crippen molar-refractivity contribution in [2.24, 2.45) is 5.92 Å². The standard InChI is InChI=1S/C21H31N3O/c25-21-10-9-18-16-23(19-7-3-1-2-4-8-19)13-11-20(18)24(21)15-17-6-5-12-22-14-17/h5-6,12,14,18-20H,1-4,7-11,13,15-16H2/t18-,20+/m1/s1. The first kappa shape index (κ1) is 17.0. The summed E-state index contributed by atoms with van der Waals surface area (Å²) in [6.45, 7) is 3.10. The molecule has 1 aromatic heterocycles. The van der Waals surface area contributed by atoms with Crippen molar-refractivity contribution in [1.29, 1.82) is 0 Å². The van der Waals surface area contributed by atoms with Crippen molar-refractivity contribution in [3.05, 3.63) is 30.1 Å². The Morgan fingerprint density at radius 1 is 1.08 bits per heavy atom. The predicted octanol–water partition coefficient (Wildman–Crippen LogP) is 3.62. The van der Waals surface area contributed by atoms with Crippen molar-refractivity contribution < 1.29 is 4.79 Å². The van der Waals surface area contributed by atoms with Gasteiger partial charge in [-0.15, -0.1) is 0 Å². The summed E-state index contributed by atoms with van der Waals surface area (Å²) in [5, 5.41) is 0. The first-order valence-electron chi connectivity index (χ1n) is 10.2. The maximum atomic E-state index is 12.6. The van der Waals surface area contributed by atoms with Crippen LogP contribution in [0.25, 0.3) is 0 Å². The molecule has 0 N–H and O–H groups in total. The number of hydrogen-bond acceptors (Lipinski definition) is 3. The molecule has 0 radical (unpaired) electrons. The van der Waals surface area contributed by atoms with Gasteiger partial charge in [-0.2, -0.15) is 0 Å². The third-order valence-corrected chi connectivity index (χ3v) is 6.59. The van der Waals surface area contributed by atoms with Crippen LogP contribution >= 0.6 is 0 Å². The average molecular weight is 341 g/mol. The zero-order valence-corrected chi connectivity index (χ0v) is 15.3. The summed E-state index contributed by atoms with van der Waals surface area (Å²) in [5.41, 5.74) is 1.16. The Morgan fingerprint density at radius 2 is 1.92 bits per heavy atom. The van der Waals surface area contributed by atoms with Crippen LogP contribution in [0, 0.1) is 5.92 Å². The average Bonchev–Trinajstić information content (AvgIpc) is 2.94. The quantitative estimate of drug-likeness (QED) is 0.788. The SMILES string of the molecule is O=C1CC[C@@H]2CN(C3CCCCCC3)CC[C@@H]2N1Cc1cccnc1. The van der Waals surface area contributed by atoms with Crippen LogP contribution in [0.3, 0.4) is 0 Å². The summed E-state index contributed by atoms with van der Waals surface area (Å²) in [7, 11) is 0. The number of carbonyl (C=O) groups excluding carboxylic acids is 1. The predicted molar refractivity (Wildman–Crippen MR) is 99.0 cm³/mol. The van der Waals surface area contributed by atoms with E-state index in [0.29, 0.717) is 17.9 Å². The number of amides is 1. The Hall–Kier alpha value is -1.42. The Kier molecular flexibility index (Phi) is 5.35. The van der Waals surface area contributed by atoms with E-state index in [-0.39, 0.29) is 0 Å². The second kappa shape index (κ2) is 7.86. The van der Waals surface area contributed by atoms with Gasteiger partial charge in [-0.3, -0.25) is 14.7 Å². The fraction of sp³-hybridized carbons (Fsp3) is 0.714. The molecule has 0 aromatic carbocycles. The van der Waals surface area contributed by atoms with E-state index < -0.39 is 0 Å². The molecule has 25 heavy (non-hydrogen) atoms. The molecule has 2 atom stereocenters. The molecular weight excluding hydrogens is 310 g/mol. The molecule has 4 heteroatoms. The number of hydrogen-bond donors (Lipinski definition) is 0. The Balaban J connectivity index is 1.42. The van der Waals surface area contributed by atoms with Crippen molar-refractivity contribution in [3.63, 3.8) is 0 Å². The van der Waals surface area contributed by atoms with E-state index >= 15 is 0 Å². The second-order valence-electron chi connectivity index (χ2n) is 8.18. The summed E-state index contributed by atoms with van der Waals surface area (Å²) in [6.07, 6.45) is 15.1. The minimum absolute atomic E-state index is 0.341. The highest BCUT2D eigenvalue weighted by atomic mass is 16.2. The zero-order chi connectivity index (χ0) is 17.1. The molecule has 4 rings (SSSR count). The van der Waals surface area contributed by atoms with E-state index in [0.717, 1.165) is 37.4 Å². The minimum atomic E-state index is 0.341. The van der Waals surface area contributed by atoms with Gasteiger partial charge >= 0.3 is 0 Å². The number of carbonyl (C=O) groups is 1. The number of fused-ring (bicyclic) bond motifs is 1. The van der Waals surface area contributed by atoms with Gasteiger partial charge in [0.15, 0.2) is 0 Å². The van der Waals surface area contributed by atoms with Gasteiger partial charge in [0, 0.05) is 50.5 Å². The van der Waals surface area contributed by atoms with Crippen molar-refractivity contribution in [1.82, 2.24) is 14.8 Å². The Bertz CT molecular complexity index is 568. The maximum Gasteiger partial charge on any atom is 0.223 e. The fourth-order valence-corrected chi connectivity index (χ4v) is 5.23. The number of likely N-dealkylation sites (tertiary alicyclic amines) is 2. The van der Waals surface area contributed by atoms with E-state index in [1.165, 1.54) is 51.6 Å². The summed E-state index contributed by atoms with van der Waals surface area (Å²) in [5.74, 6) is 0.999. The molecule has 2 aliphatic heterocycles. The maximum absolute atomic E-state index is 12.6. The summed E-state index contributed by atoms with van der Waals surface area (Å²) < 4.78 is 0. The highest BCUT2D eigenvalue weighted by Gasteiger charge is 2.40. The van der Waals surface area contributed by atoms with E-state index in [1.807, 2.05) is 12.3 Å². The molecule has 2 saturated heterocycles. The van der Waals surface area contributed by atoms with Gasteiger partial charge in [-0.25, -0.2) is 0 Å². The number of nitrogens with zero attached hydrogens (tertiary/aromatic N) is 3. The largest absolute Gasteiger partial charge is 0.335 e. The lowest BCUT2D eigenvalue weighted by Crippen LogP contribution is -2.57. The van der Waals surface area contributed by atoms with Crippen LogP contribution in [0.5, 0.6) is 0 Å². The lowest BCUT2D eigenvalue weighted by atomic mass is 9.82. The molecular formula is C21H31N3O. The molecule has 136 valence electrons. The Morgan fingerprint density at radius 3 is 2.68 bits per heavy atom. The molecule has 1 aromatic rings. The lowest BCUT2D eigenvalue weighted by molar-refractivity contribution is -0.142. The first-order valence-corrected chi connectivity index (χ1v) is 10.2. The monoisotopic (exact) mass is 341 g/mol. The van der Waals surface area contributed by atoms with Gasteiger partial charge < -0.3 is 4.90 Å². The topological polar surface area (TPSA) is 36.4 Å². The highest BCUT2D eigenvalue weighted by Crippen LogP contribution is 2.34. The van der Waals surface area contributed by atoms with Crippen molar-refractivity contribution >= 4 is 5.91 Å². The van der Waals surface area contributed by atoms with Crippen LogP contribution in [0.1, 0.15) is 63.4 Å². The number of aromatic nitrogens is 1. The molecule has 1 aliphatic carbocycles. The van der Waals surface area contributed by atoms with Gasteiger partial charge in [0.1, 0.15) is 0 Å². The van der Waals surface area contributed by atoms with Gasteiger partial charge in [0.25, 0.3) is 0 Å². The molecule has 1 saturated carbocycles. The van der Waals surface area contributed by atoms with E-state index in [9.17, 15) is 4.79 Å². The number of rotatable bonds is 3. The van der Waals surface area contributed by atoms with E-state index in [1.54, 1.807) is 6.20 Å². The van der Waals surface area contributed by atoms with Crippen LogP contribution in [-0.2, 0) is 11.3 Å². The molecule has 3 fully saturated rings. The zero-order valence-electron chi connectivity index (χ0n) is 15.3. The summed E-state index contributed by atoms with van der Waals surface area (Å²) in [4.78, 5) is 21.7. The van der Waals surface area contributed by atoms with Crippen LogP contribution in [0.2, 0.25) is 0 Å². The molecule has 3 heterocycles. The third kappa shape index (κ3) is 3.89. The van der Waals surface area contributed by atoms with Crippen molar-refractivity contribution in [2.45, 2.75) is 76.4 Å². The second-order valence-corrected chi connectivity index (χ2v) is 8.18. The van der Waals surface area contributed by atoms with Crippen LogP contribution < -0.4 is 0 Å². The molecule has 0 spiro atoms. The highest BCUT2D eigenvalue weighted by molar-refractivity contribution is 5.77. The summed E-state index contributed by atoms with van der Waals surface area (Å²) >= 11 is 0. The van der Waals surface area contributed by atoms with Crippen LogP contribution in [0.4, 0.5) is 0 Å². The smallest absolute Gasteiger partial charge is 0.223 e. The first-order chi connectivity index (χ1) is 12.3. The van der Waals surface area contributed by atoms with Gasteiger partial charge in [0.05, 0.1) is 0 Å². The van der Waals surface area contributed by atoms with Gasteiger partial charge in [-0.1, -0.05) is 31.7 Å². The van der Waals surface area contributed by atoms with Gasteiger partial charge in [0.2, 0.25) is 5.91 Å². The lowest BCUT2D eigenvalue weighted by Gasteiger charge is -2.49.